The Kier molecular flexibility index (Phi) is 7.01. The molecule has 0 unspecified atom stereocenters. The van der Waals surface area contributed by atoms with Gasteiger partial charge in [-0.15, -0.1) is 0 Å². The summed E-state index contributed by atoms with van der Waals surface area (Å²) in [5, 5.41) is 7.94. The molecule has 1 N–H and O–H groups in total. The van der Waals surface area contributed by atoms with Crippen LogP contribution in [0.1, 0.15) is 40.0 Å². The molecule has 1 rings (SSSR count). The number of hydrogen-bond acceptors (Lipinski definition) is 2. The van der Waals surface area contributed by atoms with Crippen molar-refractivity contribution in [3.8, 4) is 0 Å². The van der Waals surface area contributed by atoms with Gasteiger partial charge in [0.15, 0.2) is 0 Å². The topological polar surface area (TPSA) is 29.4 Å². The van der Waals surface area contributed by atoms with Crippen molar-refractivity contribution in [1.29, 1.82) is 0 Å². The predicted octanol–water partition coefficient (Wildman–Crippen LogP) is 1.46. The molecule has 0 aromatic heterocycles. The minimum atomic E-state index is 0.602. The maximum Gasteiger partial charge on any atom is 0.0148 e. The SMILES string of the molecule is CCCN(CCNC(C)C)C1CC[N]CC1. The van der Waals surface area contributed by atoms with Crippen LogP contribution in [0.5, 0.6) is 0 Å². The summed E-state index contributed by atoms with van der Waals surface area (Å²) >= 11 is 0. The van der Waals surface area contributed by atoms with E-state index >= 15 is 0 Å². The molecule has 0 saturated carbocycles. The summed E-state index contributed by atoms with van der Waals surface area (Å²) in [5.74, 6) is 0. The fraction of sp³-hybridized carbons (Fsp3) is 1.00. The summed E-state index contributed by atoms with van der Waals surface area (Å²) in [6.07, 6.45) is 3.79. The molecule has 1 aliphatic rings. The first kappa shape index (κ1) is 13.9. The first-order chi connectivity index (χ1) is 7.74. The lowest BCUT2D eigenvalue weighted by molar-refractivity contribution is 0.161. The lowest BCUT2D eigenvalue weighted by Gasteiger charge is -2.34. The summed E-state index contributed by atoms with van der Waals surface area (Å²) in [7, 11) is 0. The Balaban J connectivity index is 2.27. The fourth-order valence-electron chi connectivity index (χ4n) is 2.36. The Morgan fingerprint density at radius 1 is 1.25 bits per heavy atom. The molecule has 0 spiro atoms. The lowest BCUT2D eigenvalue weighted by Crippen LogP contribution is -2.45. The van der Waals surface area contributed by atoms with Gasteiger partial charge in [0.05, 0.1) is 0 Å². The minimum absolute atomic E-state index is 0.602. The van der Waals surface area contributed by atoms with E-state index in [-0.39, 0.29) is 0 Å². The van der Waals surface area contributed by atoms with E-state index in [1.165, 1.54) is 32.4 Å². The average molecular weight is 226 g/mol. The smallest absolute Gasteiger partial charge is 0.0148 e. The fourth-order valence-corrected chi connectivity index (χ4v) is 2.36. The van der Waals surface area contributed by atoms with E-state index in [0.717, 1.165) is 25.7 Å². The highest BCUT2D eigenvalue weighted by Gasteiger charge is 2.20. The molecule has 1 fully saturated rings. The maximum atomic E-state index is 4.44. The first-order valence-electron chi connectivity index (χ1n) is 6.84. The summed E-state index contributed by atoms with van der Waals surface area (Å²) < 4.78 is 0. The van der Waals surface area contributed by atoms with Gasteiger partial charge in [-0.1, -0.05) is 20.8 Å². The van der Waals surface area contributed by atoms with E-state index in [9.17, 15) is 0 Å². The van der Waals surface area contributed by atoms with Crippen molar-refractivity contribution >= 4 is 0 Å². The lowest BCUT2D eigenvalue weighted by atomic mass is 10.0. The third-order valence-corrected chi connectivity index (χ3v) is 3.22. The van der Waals surface area contributed by atoms with Gasteiger partial charge in [-0.25, -0.2) is 5.32 Å². The molecule has 95 valence electrons. The van der Waals surface area contributed by atoms with Crippen LogP contribution in [0.2, 0.25) is 0 Å². The second-order valence-electron chi connectivity index (χ2n) is 5.05. The zero-order valence-electron chi connectivity index (χ0n) is 11.2. The van der Waals surface area contributed by atoms with E-state index in [4.69, 9.17) is 0 Å². The van der Waals surface area contributed by atoms with Gasteiger partial charge >= 0.3 is 0 Å². The number of piperidine rings is 1. The molecule has 1 aliphatic heterocycles. The number of rotatable bonds is 7. The zero-order valence-corrected chi connectivity index (χ0v) is 11.2. The van der Waals surface area contributed by atoms with Gasteiger partial charge in [0.1, 0.15) is 0 Å². The second kappa shape index (κ2) is 8.04. The molecule has 0 amide bonds. The van der Waals surface area contributed by atoms with Gasteiger partial charge in [-0.2, -0.15) is 0 Å². The van der Waals surface area contributed by atoms with E-state index < -0.39 is 0 Å². The van der Waals surface area contributed by atoms with Crippen molar-refractivity contribution in [3.63, 3.8) is 0 Å². The van der Waals surface area contributed by atoms with Crippen molar-refractivity contribution in [1.82, 2.24) is 15.5 Å². The van der Waals surface area contributed by atoms with Crippen molar-refractivity contribution in [3.05, 3.63) is 0 Å². The van der Waals surface area contributed by atoms with Gasteiger partial charge in [0.2, 0.25) is 0 Å². The van der Waals surface area contributed by atoms with Crippen LogP contribution < -0.4 is 10.6 Å². The Hall–Kier alpha value is -0.120. The van der Waals surface area contributed by atoms with Crippen LogP contribution in [0.3, 0.4) is 0 Å². The molecular weight excluding hydrogens is 198 g/mol. The molecule has 16 heavy (non-hydrogen) atoms. The van der Waals surface area contributed by atoms with Crippen LogP contribution in [0.4, 0.5) is 0 Å². The average Bonchev–Trinajstić information content (AvgIpc) is 2.29. The Labute approximate surface area is 101 Å². The largest absolute Gasteiger partial charge is 0.313 e. The summed E-state index contributed by atoms with van der Waals surface area (Å²) in [4.78, 5) is 2.66. The van der Waals surface area contributed by atoms with Crippen LogP contribution >= 0.6 is 0 Å². The Bertz CT molecular complexity index is 165. The molecule has 3 heteroatoms. The minimum Gasteiger partial charge on any atom is -0.313 e. The summed E-state index contributed by atoms with van der Waals surface area (Å²) in [6, 6.07) is 1.39. The van der Waals surface area contributed by atoms with Crippen LogP contribution in [-0.4, -0.2) is 49.7 Å². The van der Waals surface area contributed by atoms with Crippen LogP contribution in [-0.2, 0) is 0 Å². The van der Waals surface area contributed by atoms with Crippen molar-refractivity contribution in [2.75, 3.05) is 32.7 Å². The van der Waals surface area contributed by atoms with Crippen LogP contribution in [0.15, 0.2) is 0 Å². The highest BCUT2D eigenvalue weighted by atomic mass is 15.2. The van der Waals surface area contributed by atoms with Crippen molar-refractivity contribution in [2.45, 2.75) is 52.1 Å². The predicted molar refractivity (Wildman–Crippen MR) is 69.9 cm³/mol. The standard InChI is InChI=1S/C13H28N3/c1-4-10-16(11-9-15-12(2)3)13-5-7-14-8-6-13/h12-13,15H,4-11H2,1-3H3. The molecule has 1 heterocycles. The molecule has 0 bridgehead atoms. The highest BCUT2D eigenvalue weighted by Crippen LogP contribution is 2.12. The Morgan fingerprint density at radius 2 is 1.94 bits per heavy atom. The van der Waals surface area contributed by atoms with Gasteiger partial charge in [-0.3, -0.25) is 4.90 Å². The molecule has 0 atom stereocenters. The zero-order chi connectivity index (χ0) is 11.8. The molecule has 0 aromatic carbocycles. The summed E-state index contributed by atoms with van der Waals surface area (Å²) in [6.45, 7) is 12.4. The van der Waals surface area contributed by atoms with Gasteiger partial charge in [0, 0.05) is 38.3 Å². The monoisotopic (exact) mass is 226 g/mol. The molecular formula is C13H28N3. The first-order valence-corrected chi connectivity index (χ1v) is 6.84. The Morgan fingerprint density at radius 3 is 2.50 bits per heavy atom. The van der Waals surface area contributed by atoms with Gasteiger partial charge in [0.25, 0.3) is 0 Å². The van der Waals surface area contributed by atoms with E-state index in [1.807, 2.05) is 0 Å². The molecule has 1 radical (unpaired) electrons. The number of nitrogens with zero attached hydrogens (tertiary/aromatic N) is 2. The third-order valence-electron chi connectivity index (χ3n) is 3.22. The molecule has 0 aliphatic carbocycles. The highest BCUT2D eigenvalue weighted by molar-refractivity contribution is 4.78. The van der Waals surface area contributed by atoms with E-state index in [2.05, 4.69) is 36.3 Å². The molecule has 3 nitrogen and oxygen atoms in total. The number of nitrogens with one attached hydrogen (secondary N) is 1. The van der Waals surface area contributed by atoms with Crippen molar-refractivity contribution < 1.29 is 0 Å². The van der Waals surface area contributed by atoms with Gasteiger partial charge in [-0.05, 0) is 25.8 Å². The third kappa shape index (κ3) is 5.28. The number of hydrogen-bond donors (Lipinski definition) is 1. The van der Waals surface area contributed by atoms with Crippen LogP contribution in [0.25, 0.3) is 0 Å². The molecule has 1 saturated heterocycles. The summed E-state index contributed by atoms with van der Waals surface area (Å²) in [5.41, 5.74) is 0. The van der Waals surface area contributed by atoms with Crippen LogP contribution in [0, 0.1) is 0 Å². The quantitative estimate of drug-likeness (QED) is 0.712. The normalized spacial score (nSPS) is 18.6. The van der Waals surface area contributed by atoms with E-state index in [1.54, 1.807) is 0 Å². The van der Waals surface area contributed by atoms with Gasteiger partial charge < -0.3 is 5.32 Å². The van der Waals surface area contributed by atoms with E-state index in [0.29, 0.717) is 6.04 Å². The maximum absolute atomic E-state index is 4.44. The molecule has 0 aromatic rings. The second-order valence-corrected chi connectivity index (χ2v) is 5.05. The van der Waals surface area contributed by atoms with Crippen molar-refractivity contribution in [2.24, 2.45) is 0 Å².